The molecular formula is C24H25N5O3. The fourth-order valence-electron chi connectivity index (χ4n) is 3.82. The van der Waals surface area contributed by atoms with Crippen molar-refractivity contribution in [3.05, 3.63) is 88.1 Å². The predicted molar refractivity (Wildman–Crippen MR) is 122 cm³/mol. The van der Waals surface area contributed by atoms with E-state index < -0.39 is 0 Å². The largest absolute Gasteiger partial charge is 0.495 e. The third-order valence-corrected chi connectivity index (χ3v) is 5.36. The van der Waals surface area contributed by atoms with Crippen molar-refractivity contribution in [3.8, 4) is 5.75 Å². The van der Waals surface area contributed by atoms with Crippen LogP contribution in [0.3, 0.4) is 0 Å². The first-order valence-corrected chi connectivity index (χ1v) is 10.5. The molecule has 0 spiro atoms. The van der Waals surface area contributed by atoms with Gasteiger partial charge in [0.15, 0.2) is 0 Å². The van der Waals surface area contributed by atoms with E-state index in [1.807, 2.05) is 61.5 Å². The molecule has 0 fully saturated rings. The summed E-state index contributed by atoms with van der Waals surface area (Å²) in [5, 5.41) is 2.98. The number of fused-ring (bicyclic) bond motifs is 1. The van der Waals surface area contributed by atoms with E-state index >= 15 is 0 Å². The first-order chi connectivity index (χ1) is 15.5. The maximum Gasteiger partial charge on any atom is 0.274 e. The van der Waals surface area contributed by atoms with E-state index in [-0.39, 0.29) is 29.7 Å². The zero-order valence-electron chi connectivity index (χ0n) is 18.3. The van der Waals surface area contributed by atoms with Crippen LogP contribution in [0.4, 0.5) is 5.69 Å². The lowest BCUT2D eigenvalue weighted by Gasteiger charge is -2.28. The number of aryl methyl sites for hydroxylation is 1. The monoisotopic (exact) mass is 431 g/mol. The van der Waals surface area contributed by atoms with Crippen molar-refractivity contribution in [1.82, 2.24) is 19.6 Å². The van der Waals surface area contributed by atoms with Gasteiger partial charge in [-0.15, -0.1) is 0 Å². The molecule has 0 saturated heterocycles. The molecule has 0 radical (unpaired) electrons. The number of benzene rings is 2. The second kappa shape index (κ2) is 9.05. The van der Waals surface area contributed by atoms with Gasteiger partial charge in [-0.25, -0.2) is 4.98 Å². The number of nitrogens with one attached hydrogen (secondary N) is 1. The Morgan fingerprint density at radius 3 is 2.56 bits per heavy atom. The van der Waals surface area contributed by atoms with Crippen molar-refractivity contribution >= 4 is 17.4 Å². The summed E-state index contributed by atoms with van der Waals surface area (Å²) in [6.45, 7) is 3.86. The number of methoxy groups -OCH3 is 1. The number of carbonyl (C=O) groups is 1. The van der Waals surface area contributed by atoms with E-state index in [9.17, 15) is 9.59 Å². The summed E-state index contributed by atoms with van der Waals surface area (Å²) in [5.41, 5.74) is 1.90. The van der Waals surface area contributed by atoms with Gasteiger partial charge in [0.2, 0.25) is 5.91 Å². The Hall–Kier alpha value is -3.94. The van der Waals surface area contributed by atoms with Crippen molar-refractivity contribution in [2.24, 2.45) is 0 Å². The fourth-order valence-corrected chi connectivity index (χ4v) is 3.82. The van der Waals surface area contributed by atoms with Crippen LogP contribution in [0.25, 0.3) is 5.78 Å². The van der Waals surface area contributed by atoms with Gasteiger partial charge in [-0.2, -0.15) is 9.50 Å². The predicted octanol–water partition coefficient (Wildman–Crippen LogP) is 3.46. The van der Waals surface area contributed by atoms with Crippen LogP contribution in [-0.4, -0.2) is 32.6 Å². The highest BCUT2D eigenvalue weighted by Gasteiger charge is 2.28. The number of amides is 1. The third kappa shape index (κ3) is 4.12. The molecule has 32 heavy (non-hydrogen) atoms. The Labute approximate surface area is 185 Å². The van der Waals surface area contributed by atoms with Gasteiger partial charge in [-0.3, -0.25) is 14.7 Å². The molecule has 0 aliphatic rings. The van der Waals surface area contributed by atoms with Gasteiger partial charge >= 0.3 is 0 Å². The molecule has 0 bridgehead atoms. The minimum absolute atomic E-state index is 0.0832. The fraction of sp³-hybridized carbons (Fsp3) is 0.250. The van der Waals surface area contributed by atoms with Crippen molar-refractivity contribution in [2.75, 3.05) is 12.0 Å². The van der Waals surface area contributed by atoms with Crippen LogP contribution < -0.4 is 15.2 Å². The maximum absolute atomic E-state index is 13.8. The Balaban J connectivity index is 1.78. The zero-order valence-corrected chi connectivity index (χ0v) is 18.3. The molecular weight excluding hydrogens is 406 g/mol. The van der Waals surface area contributed by atoms with Crippen LogP contribution in [0.5, 0.6) is 5.75 Å². The number of hydrogen-bond acceptors (Lipinski definition) is 5. The molecule has 1 N–H and O–H groups in total. The van der Waals surface area contributed by atoms with Crippen LogP contribution in [-0.2, 0) is 11.3 Å². The molecule has 4 aromatic rings. The highest BCUT2D eigenvalue weighted by molar-refractivity contribution is 5.99. The third-order valence-electron chi connectivity index (χ3n) is 5.36. The summed E-state index contributed by atoms with van der Waals surface area (Å²) in [6, 6.07) is 18.5. The van der Waals surface area contributed by atoms with Gasteiger partial charge in [0, 0.05) is 11.8 Å². The van der Waals surface area contributed by atoms with E-state index in [0.717, 1.165) is 5.56 Å². The first-order valence-electron chi connectivity index (χ1n) is 10.5. The molecule has 2 heterocycles. The molecule has 1 unspecified atom stereocenters. The van der Waals surface area contributed by atoms with Gasteiger partial charge < -0.3 is 9.64 Å². The van der Waals surface area contributed by atoms with E-state index in [1.165, 1.54) is 10.6 Å². The normalized spacial score (nSPS) is 12.0. The zero-order chi connectivity index (χ0) is 22.7. The van der Waals surface area contributed by atoms with Crippen LogP contribution in [0.15, 0.2) is 65.5 Å². The van der Waals surface area contributed by atoms with E-state index in [1.54, 1.807) is 18.9 Å². The van der Waals surface area contributed by atoms with E-state index in [4.69, 9.17) is 4.74 Å². The number of hydrogen-bond donors (Lipinski definition) is 1. The molecule has 164 valence electrons. The van der Waals surface area contributed by atoms with Crippen LogP contribution in [0, 0.1) is 6.92 Å². The average molecular weight is 431 g/mol. The Morgan fingerprint density at radius 2 is 1.84 bits per heavy atom. The second-order valence-electron chi connectivity index (χ2n) is 7.51. The second-order valence-corrected chi connectivity index (χ2v) is 7.51. The lowest BCUT2D eigenvalue weighted by Crippen LogP contribution is -2.35. The summed E-state index contributed by atoms with van der Waals surface area (Å²) in [4.78, 5) is 36.5. The molecule has 0 aliphatic carbocycles. The molecule has 0 aliphatic heterocycles. The Kier molecular flexibility index (Phi) is 6.02. The minimum Gasteiger partial charge on any atom is -0.495 e. The quantitative estimate of drug-likeness (QED) is 0.484. The molecule has 1 atom stereocenters. The van der Waals surface area contributed by atoms with Crippen LogP contribution in [0.2, 0.25) is 0 Å². The summed E-state index contributed by atoms with van der Waals surface area (Å²) in [7, 11) is 1.57. The lowest BCUT2D eigenvalue weighted by molar-refractivity contribution is -0.120. The smallest absolute Gasteiger partial charge is 0.274 e. The van der Waals surface area contributed by atoms with Gasteiger partial charge in [0.05, 0.1) is 25.3 Å². The lowest BCUT2D eigenvalue weighted by atomic mass is 9.94. The summed E-state index contributed by atoms with van der Waals surface area (Å²) in [5.74, 6) is 0.870. The van der Waals surface area contributed by atoms with Gasteiger partial charge in [-0.05, 0) is 31.0 Å². The molecule has 2 aromatic carbocycles. The molecule has 0 saturated carbocycles. The number of rotatable bonds is 7. The highest BCUT2D eigenvalue weighted by atomic mass is 16.5. The standard InChI is InChI=1S/C24H25N5O3/c1-4-18(17-10-6-5-7-11-17)23(31)28(19-12-8-9-13-20(19)32-3)15-21-26-24-25-16(2)14-22(30)29(24)27-21/h5-14,18H,4,15H2,1-3H3,(H,25,26,27). The molecule has 4 rings (SSSR count). The maximum atomic E-state index is 13.8. The van der Waals surface area contributed by atoms with E-state index in [0.29, 0.717) is 29.4 Å². The Bertz CT molecular complexity index is 1300. The van der Waals surface area contributed by atoms with Gasteiger partial charge in [-0.1, -0.05) is 49.4 Å². The highest BCUT2D eigenvalue weighted by Crippen LogP contribution is 2.32. The number of H-pyrrole nitrogens is 1. The van der Waals surface area contributed by atoms with Gasteiger partial charge in [0.25, 0.3) is 11.3 Å². The van der Waals surface area contributed by atoms with E-state index in [2.05, 4.69) is 15.1 Å². The molecule has 8 nitrogen and oxygen atoms in total. The summed E-state index contributed by atoms with van der Waals surface area (Å²) >= 11 is 0. The number of nitrogens with zero attached hydrogens (tertiary/aromatic N) is 4. The number of aromatic nitrogens is 4. The van der Waals surface area contributed by atoms with Crippen LogP contribution in [0.1, 0.15) is 36.3 Å². The molecule has 8 heteroatoms. The number of aromatic amines is 1. The molecule has 2 aromatic heterocycles. The molecule has 1 amide bonds. The number of carbonyl (C=O) groups excluding carboxylic acids is 1. The van der Waals surface area contributed by atoms with Crippen molar-refractivity contribution in [2.45, 2.75) is 32.7 Å². The number of para-hydroxylation sites is 2. The first kappa shape index (κ1) is 21.3. The number of ether oxygens (including phenoxy) is 1. The van der Waals surface area contributed by atoms with Crippen molar-refractivity contribution in [3.63, 3.8) is 0 Å². The SMILES string of the molecule is CCC(C(=O)N(Cc1nc2nc(C)cc(=O)n2[nH]1)c1ccccc1OC)c1ccccc1. The summed E-state index contributed by atoms with van der Waals surface area (Å²) in [6.07, 6.45) is 0.634. The van der Waals surface area contributed by atoms with Crippen molar-refractivity contribution in [1.29, 1.82) is 0 Å². The number of anilines is 1. The van der Waals surface area contributed by atoms with Gasteiger partial charge in [0.1, 0.15) is 11.6 Å². The average Bonchev–Trinajstić information content (AvgIpc) is 3.21. The Morgan fingerprint density at radius 1 is 1.12 bits per heavy atom. The van der Waals surface area contributed by atoms with Crippen LogP contribution >= 0.6 is 0 Å². The minimum atomic E-state index is -0.339. The summed E-state index contributed by atoms with van der Waals surface area (Å²) < 4.78 is 6.81. The topological polar surface area (TPSA) is 92.6 Å². The van der Waals surface area contributed by atoms with Crippen molar-refractivity contribution < 1.29 is 9.53 Å².